The molecule has 16 heavy (non-hydrogen) atoms. The van der Waals surface area contributed by atoms with Gasteiger partial charge in [0.05, 0.1) is 0 Å². The third-order valence-corrected chi connectivity index (χ3v) is 3.86. The Labute approximate surface area is 97.9 Å². The number of aliphatic hydroxyl groups is 1. The van der Waals surface area contributed by atoms with Gasteiger partial charge in [0, 0.05) is 0 Å². The largest absolute Gasteiger partial charge is 0.479 e. The topological polar surface area (TPSA) is 57.5 Å². The summed E-state index contributed by atoms with van der Waals surface area (Å²) in [5.74, 6) is -0.0719. The maximum Gasteiger partial charge on any atom is 0.335 e. The molecule has 94 valence electrons. The first-order chi connectivity index (χ1) is 7.40. The van der Waals surface area contributed by atoms with Crippen molar-refractivity contribution in [3.63, 3.8) is 0 Å². The summed E-state index contributed by atoms with van der Waals surface area (Å²) in [4.78, 5) is 11.3. The van der Waals surface area contributed by atoms with E-state index in [-0.39, 0.29) is 5.92 Å². The Morgan fingerprint density at radius 1 is 1.25 bits per heavy atom. The van der Waals surface area contributed by atoms with Crippen LogP contribution in [0.25, 0.3) is 0 Å². The molecule has 3 nitrogen and oxygen atoms in total. The van der Waals surface area contributed by atoms with Gasteiger partial charge in [-0.25, -0.2) is 4.79 Å². The van der Waals surface area contributed by atoms with Crippen LogP contribution in [0.2, 0.25) is 0 Å². The van der Waals surface area contributed by atoms with Gasteiger partial charge in [-0.15, -0.1) is 0 Å². The highest BCUT2D eigenvalue weighted by Gasteiger charge is 2.45. The second-order valence-electron chi connectivity index (χ2n) is 5.59. The van der Waals surface area contributed by atoms with Crippen molar-refractivity contribution < 1.29 is 15.0 Å². The van der Waals surface area contributed by atoms with Crippen molar-refractivity contribution in [1.82, 2.24) is 0 Å². The zero-order chi connectivity index (χ0) is 12.3. The first-order valence-corrected chi connectivity index (χ1v) is 6.35. The standard InChI is InChI=1S/C13H24O3/c1-4-5-13(16,12(14)15)11-7-9(2)6-10(3)8-11/h9-11,16H,4-8H2,1-3H3,(H,14,15). The summed E-state index contributed by atoms with van der Waals surface area (Å²) < 4.78 is 0. The molecule has 0 radical (unpaired) electrons. The van der Waals surface area contributed by atoms with Crippen LogP contribution in [0.4, 0.5) is 0 Å². The lowest BCUT2D eigenvalue weighted by Gasteiger charge is -2.39. The fourth-order valence-corrected chi connectivity index (χ4v) is 3.20. The van der Waals surface area contributed by atoms with Crippen molar-refractivity contribution >= 4 is 5.97 Å². The molecular weight excluding hydrogens is 204 g/mol. The molecule has 3 atom stereocenters. The summed E-state index contributed by atoms with van der Waals surface area (Å²) in [5, 5.41) is 19.6. The maximum atomic E-state index is 11.3. The summed E-state index contributed by atoms with van der Waals surface area (Å²) in [7, 11) is 0. The van der Waals surface area contributed by atoms with Crippen molar-refractivity contribution in [2.75, 3.05) is 0 Å². The summed E-state index contributed by atoms with van der Waals surface area (Å²) >= 11 is 0. The normalized spacial score (nSPS) is 34.4. The van der Waals surface area contributed by atoms with E-state index in [4.69, 9.17) is 0 Å². The summed E-state index contributed by atoms with van der Waals surface area (Å²) in [5.41, 5.74) is -1.50. The minimum Gasteiger partial charge on any atom is -0.479 e. The van der Waals surface area contributed by atoms with Crippen LogP contribution in [-0.2, 0) is 4.79 Å². The smallest absolute Gasteiger partial charge is 0.335 e. The number of carbonyl (C=O) groups is 1. The van der Waals surface area contributed by atoms with E-state index in [1.165, 1.54) is 0 Å². The fraction of sp³-hybridized carbons (Fsp3) is 0.923. The molecule has 0 aromatic heterocycles. The van der Waals surface area contributed by atoms with Crippen molar-refractivity contribution in [3.8, 4) is 0 Å². The Kier molecular flexibility index (Phi) is 4.36. The second-order valence-corrected chi connectivity index (χ2v) is 5.59. The molecule has 0 aromatic carbocycles. The van der Waals surface area contributed by atoms with Crippen molar-refractivity contribution in [2.45, 2.75) is 58.5 Å². The molecule has 3 unspecified atom stereocenters. The van der Waals surface area contributed by atoms with Crippen molar-refractivity contribution in [2.24, 2.45) is 17.8 Å². The van der Waals surface area contributed by atoms with Gasteiger partial charge in [0.25, 0.3) is 0 Å². The van der Waals surface area contributed by atoms with Gasteiger partial charge in [-0.3, -0.25) is 0 Å². The number of hydrogen-bond donors (Lipinski definition) is 2. The van der Waals surface area contributed by atoms with Crippen LogP contribution in [-0.4, -0.2) is 21.8 Å². The highest BCUT2D eigenvalue weighted by molar-refractivity contribution is 5.77. The fourth-order valence-electron chi connectivity index (χ4n) is 3.20. The summed E-state index contributed by atoms with van der Waals surface area (Å²) in [6.45, 7) is 6.22. The lowest BCUT2D eigenvalue weighted by Crippen LogP contribution is -2.48. The van der Waals surface area contributed by atoms with Gasteiger partial charge in [-0.2, -0.15) is 0 Å². The second kappa shape index (κ2) is 5.17. The molecule has 1 fully saturated rings. The number of carboxylic acid groups (broad SMARTS) is 1. The van der Waals surface area contributed by atoms with Crippen LogP contribution < -0.4 is 0 Å². The number of rotatable bonds is 4. The third kappa shape index (κ3) is 2.76. The lowest BCUT2D eigenvalue weighted by molar-refractivity contribution is -0.169. The Hall–Kier alpha value is -0.570. The third-order valence-electron chi connectivity index (χ3n) is 3.86. The molecule has 1 aliphatic rings. The van der Waals surface area contributed by atoms with E-state index in [1.54, 1.807) is 0 Å². The highest BCUT2D eigenvalue weighted by atomic mass is 16.4. The summed E-state index contributed by atoms with van der Waals surface area (Å²) in [6.07, 6.45) is 3.91. The van der Waals surface area contributed by atoms with Gasteiger partial charge < -0.3 is 10.2 Å². The first kappa shape index (κ1) is 13.5. The molecular formula is C13H24O3. The van der Waals surface area contributed by atoms with Crippen LogP contribution in [0.3, 0.4) is 0 Å². The van der Waals surface area contributed by atoms with E-state index >= 15 is 0 Å². The van der Waals surface area contributed by atoms with Gasteiger partial charge in [0.1, 0.15) is 0 Å². The van der Waals surface area contributed by atoms with Crippen LogP contribution in [0.5, 0.6) is 0 Å². The van der Waals surface area contributed by atoms with Crippen LogP contribution in [0.15, 0.2) is 0 Å². The van der Waals surface area contributed by atoms with E-state index in [2.05, 4.69) is 13.8 Å². The number of aliphatic carboxylic acids is 1. The Morgan fingerprint density at radius 2 is 1.75 bits per heavy atom. The van der Waals surface area contributed by atoms with E-state index < -0.39 is 11.6 Å². The van der Waals surface area contributed by atoms with E-state index in [0.29, 0.717) is 24.7 Å². The zero-order valence-corrected chi connectivity index (χ0v) is 10.6. The minimum absolute atomic E-state index is 0.0799. The lowest BCUT2D eigenvalue weighted by atomic mass is 9.68. The quantitative estimate of drug-likeness (QED) is 0.777. The van der Waals surface area contributed by atoms with Crippen molar-refractivity contribution in [1.29, 1.82) is 0 Å². The summed E-state index contributed by atoms with van der Waals surface area (Å²) in [6, 6.07) is 0. The van der Waals surface area contributed by atoms with E-state index in [9.17, 15) is 15.0 Å². The maximum absolute atomic E-state index is 11.3. The SMILES string of the molecule is CCCC(O)(C(=O)O)C1CC(C)CC(C)C1. The molecule has 0 heterocycles. The number of hydrogen-bond acceptors (Lipinski definition) is 2. The van der Waals surface area contributed by atoms with Gasteiger partial charge in [-0.1, -0.05) is 27.2 Å². The molecule has 1 rings (SSSR count). The van der Waals surface area contributed by atoms with Crippen LogP contribution in [0.1, 0.15) is 52.9 Å². The molecule has 0 amide bonds. The average molecular weight is 228 g/mol. The molecule has 3 heteroatoms. The minimum atomic E-state index is -1.50. The molecule has 1 aliphatic carbocycles. The molecule has 0 spiro atoms. The Bertz CT molecular complexity index is 242. The first-order valence-electron chi connectivity index (χ1n) is 6.35. The Balaban J connectivity index is 2.81. The molecule has 0 aliphatic heterocycles. The van der Waals surface area contributed by atoms with Crippen LogP contribution >= 0.6 is 0 Å². The molecule has 2 N–H and O–H groups in total. The van der Waals surface area contributed by atoms with Gasteiger partial charge in [-0.05, 0) is 43.4 Å². The van der Waals surface area contributed by atoms with Crippen molar-refractivity contribution in [3.05, 3.63) is 0 Å². The predicted molar refractivity (Wildman–Crippen MR) is 63.2 cm³/mol. The molecule has 0 saturated heterocycles. The zero-order valence-electron chi connectivity index (χ0n) is 10.6. The molecule has 0 aromatic rings. The highest BCUT2D eigenvalue weighted by Crippen LogP contribution is 2.40. The van der Waals surface area contributed by atoms with Gasteiger partial charge >= 0.3 is 5.97 Å². The Morgan fingerprint density at radius 3 is 2.12 bits per heavy atom. The van der Waals surface area contributed by atoms with Crippen LogP contribution in [0, 0.1) is 17.8 Å². The van der Waals surface area contributed by atoms with E-state index in [0.717, 1.165) is 19.3 Å². The van der Waals surface area contributed by atoms with E-state index in [1.807, 2.05) is 6.92 Å². The molecule has 1 saturated carbocycles. The van der Waals surface area contributed by atoms with Gasteiger partial charge in [0.2, 0.25) is 0 Å². The number of carboxylic acids is 1. The predicted octanol–water partition coefficient (Wildman–Crippen LogP) is 2.67. The monoisotopic (exact) mass is 228 g/mol. The van der Waals surface area contributed by atoms with Gasteiger partial charge in [0.15, 0.2) is 5.60 Å². The molecule has 0 bridgehead atoms. The average Bonchev–Trinajstić information content (AvgIpc) is 2.16.